The van der Waals surface area contributed by atoms with Crippen molar-refractivity contribution in [3.05, 3.63) is 23.8 Å². The van der Waals surface area contributed by atoms with Gasteiger partial charge in [0.2, 0.25) is 0 Å². The molecular weight excluding hydrogens is 266 g/mol. The van der Waals surface area contributed by atoms with Crippen LogP contribution in [0.3, 0.4) is 0 Å². The monoisotopic (exact) mass is 293 g/mol. The Kier molecular flexibility index (Phi) is 6.34. The molecule has 3 N–H and O–H groups in total. The minimum atomic E-state index is -0.0492. The van der Waals surface area contributed by atoms with E-state index >= 15 is 0 Å². The molecule has 0 amide bonds. The highest BCUT2D eigenvalue weighted by molar-refractivity contribution is 5.80. The van der Waals surface area contributed by atoms with E-state index in [4.69, 9.17) is 4.74 Å². The highest BCUT2D eigenvalue weighted by Gasteiger charge is 2.11. The van der Waals surface area contributed by atoms with E-state index in [1.54, 1.807) is 6.07 Å². The van der Waals surface area contributed by atoms with Gasteiger partial charge in [0.25, 0.3) is 0 Å². The van der Waals surface area contributed by atoms with Crippen LogP contribution < -0.4 is 15.4 Å². The molecule has 0 unspecified atom stereocenters. The van der Waals surface area contributed by atoms with Gasteiger partial charge in [-0.25, -0.2) is 4.99 Å². The molecule has 0 atom stereocenters. The summed E-state index contributed by atoms with van der Waals surface area (Å²) >= 11 is 0. The molecular formula is C16H27N3O2. The number of hydrogen-bond acceptors (Lipinski definition) is 3. The maximum absolute atomic E-state index is 9.70. The number of ether oxygens (including phenoxy) is 1. The maximum Gasteiger partial charge on any atom is 0.191 e. The van der Waals surface area contributed by atoms with Gasteiger partial charge in [0.1, 0.15) is 0 Å². The quantitative estimate of drug-likeness (QED) is 0.577. The fourth-order valence-corrected chi connectivity index (χ4v) is 1.76. The third-order valence-corrected chi connectivity index (χ3v) is 2.58. The average molecular weight is 293 g/mol. The number of benzene rings is 1. The van der Waals surface area contributed by atoms with E-state index in [9.17, 15) is 5.11 Å². The number of guanidine groups is 1. The Hall–Kier alpha value is -1.91. The molecule has 0 bridgehead atoms. The molecule has 0 heterocycles. The molecule has 21 heavy (non-hydrogen) atoms. The summed E-state index contributed by atoms with van der Waals surface area (Å²) in [5, 5.41) is 16.3. The van der Waals surface area contributed by atoms with Crippen molar-refractivity contribution in [1.29, 1.82) is 0 Å². The van der Waals surface area contributed by atoms with E-state index in [1.807, 2.05) is 26.0 Å². The smallest absolute Gasteiger partial charge is 0.191 e. The lowest BCUT2D eigenvalue weighted by atomic mass is 10.1. The lowest BCUT2D eigenvalue weighted by molar-refractivity contribution is 0.318. The fourth-order valence-electron chi connectivity index (χ4n) is 1.76. The number of nitrogens with one attached hydrogen (secondary N) is 2. The first kappa shape index (κ1) is 17.1. The number of aromatic hydroxyl groups is 1. The van der Waals surface area contributed by atoms with E-state index in [1.165, 1.54) is 0 Å². The van der Waals surface area contributed by atoms with Crippen molar-refractivity contribution >= 4 is 5.96 Å². The summed E-state index contributed by atoms with van der Waals surface area (Å²) < 4.78 is 5.38. The van der Waals surface area contributed by atoms with Crippen molar-refractivity contribution in [2.75, 3.05) is 13.2 Å². The zero-order valence-electron chi connectivity index (χ0n) is 13.7. The summed E-state index contributed by atoms with van der Waals surface area (Å²) in [6, 6.07) is 5.31. The van der Waals surface area contributed by atoms with Crippen LogP contribution in [0.25, 0.3) is 0 Å². The molecule has 0 radical (unpaired) electrons. The van der Waals surface area contributed by atoms with Crippen molar-refractivity contribution in [2.24, 2.45) is 4.99 Å². The zero-order valence-corrected chi connectivity index (χ0v) is 13.7. The van der Waals surface area contributed by atoms with Gasteiger partial charge >= 0.3 is 0 Å². The molecule has 0 aliphatic carbocycles. The molecule has 0 aliphatic rings. The van der Waals surface area contributed by atoms with E-state index in [2.05, 4.69) is 36.4 Å². The first-order valence-electron chi connectivity index (χ1n) is 7.37. The molecule has 0 aromatic heterocycles. The van der Waals surface area contributed by atoms with Gasteiger partial charge in [-0.15, -0.1) is 0 Å². The second kappa shape index (κ2) is 7.76. The van der Waals surface area contributed by atoms with Crippen LogP contribution in [0.15, 0.2) is 23.2 Å². The summed E-state index contributed by atoms with van der Waals surface area (Å²) in [5.41, 5.74) is 0.939. The number of aliphatic imine (C=N–C) groups is 1. The van der Waals surface area contributed by atoms with E-state index < -0.39 is 0 Å². The first-order chi connectivity index (χ1) is 9.85. The maximum atomic E-state index is 9.70. The molecule has 0 aliphatic heterocycles. The third-order valence-electron chi connectivity index (χ3n) is 2.58. The van der Waals surface area contributed by atoms with Crippen molar-refractivity contribution in [3.8, 4) is 11.5 Å². The summed E-state index contributed by atoms with van der Waals surface area (Å²) in [7, 11) is 0. The van der Waals surface area contributed by atoms with Gasteiger partial charge in [0.05, 0.1) is 13.2 Å². The average Bonchev–Trinajstić information content (AvgIpc) is 2.38. The Labute approximate surface area is 127 Å². The predicted molar refractivity (Wildman–Crippen MR) is 87.0 cm³/mol. The van der Waals surface area contributed by atoms with Crippen LogP contribution in [0.4, 0.5) is 0 Å². The minimum absolute atomic E-state index is 0.0492. The molecule has 1 aromatic carbocycles. The molecule has 1 aromatic rings. The van der Waals surface area contributed by atoms with E-state index in [0.29, 0.717) is 18.9 Å². The molecule has 1 rings (SSSR count). The van der Waals surface area contributed by atoms with Gasteiger partial charge in [-0.05, 0) is 52.3 Å². The SMILES string of the molecule is CCNC(=NCc1ccc(O)c(OCC)c1)NC(C)(C)C. The molecule has 0 spiro atoms. The Morgan fingerprint density at radius 2 is 2.00 bits per heavy atom. The molecule has 0 fully saturated rings. The zero-order chi connectivity index (χ0) is 15.9. The molecule has 5 nitrogen and oxygen atoms in total. The van der Waals surface area contributed by atoms with Crippen LogP contribution in [0.5, 0.6) is 11.5 Å². The van der Waals surface area contributed by atoms with Gasteiger partial charge in [-0.2, -0.15) is 0 Å². The lowest BCUT2D eigenvalue weighted by Gasteiger charge is -2.23. The number of hydrogen-bond donors (Lipinski definition) is 3. The summed E-state index contributed by atoms with van der Waals surface area (Å²) in [5.74, 6) is 1.43. The Morgan fingerprint density at radius 3 is 2.57 bits per heavy atom. The van der Waals surface area contributed by atoms with Crippen LogP contribution in [0, 0.1) is 0 Å². The van der Waals surface area contributed by atoms with E-state index in [0.717, 1.165) is 18.1 Å². The van der Waals surface area contributed by atoms with Crippen LogP contribution in [-0.2, 0) is 6.54 Å². The highest BCUT2D eigenvalue weighted by atomic mass is 16.5. The van der Waals surface area contributed by atoms with Crippen LogP contribution in [0.1, 0.15) is 40.2 Å². The summed E-state index contributed by atoms with van der Waals surface area (Å²) in [6.45, 7) is 12.0. The topological polar surface area (TPSA) is 65.9 Å². The summed E-state index contributed by atoms with van der Waals surface area (Å²) in [4.78, 5) is 4.56. The van der Waals surface area contributed by atoms with Crippen LogP contribution in [0.2, 0.25) is 0 Å². The largest absolute Gasteiger partial charge is 0.504 e. The first-order valence-corrected chi connectivity index (χ1v) is 7.37. The fraction of sp³-hybridized carbons (Fsp3) is 0.562. The highest BCUT2D eigenvalue weighted by Crippen LogP contribution is 2.27. The van der Waals surface area contributed by atoms with Gasteiger partial charge in [0, 0.05) is 12.1 Å². The van der Waals surface area contributed by atoms with Crippen LogP contribution in [-0.4, -0.2) is 29.8 Å². The van der Waals surface area contributed by atoms with Gasteiger partial charge < -0.3 is 20.5 Å². The number of nitrogens with zero attached hydrogens (tertiary/aromatic N) is 1. The molecule has 0 saturated heterocycles. The van der Waals surface area contributed by atoms with Gasteiger partial charge in [0.15, 0.2) is 17.5 Å². The van der Waals surface area contributed by atoms with Crippen molar-refractivity contribution < 1.29 is 9.84 Å². The molecule has 5 heteroatoms. The Bertz CT molecular complexity index is 479. The normalized spacial score (nSPS) is 12.1. The number of rotatable bonds is 5. The Balaban J connectivity index is 2.82. The van der Waals surface area contributed by atoms with Crippen LogP contribution >= 0.6 is 0 Å². The second-order valence-corrected chi connectivity index (χ2v) is 5.81. The Morgan fingerprint density at radius 1 is 1.29 bits per heavy atom. The van der Waals surface area contributed by atoms with Gasteiger partial charge in [-0.1, -0.05) is 6.07 Å². The molecule has 0 saturated carbocycles. The summed E-state index contributed by atoms with van der Waals surface area (Å²) in [6.07, 6.45) is 0. The minimum Gasteiger partial charge on any atom is -0.504 e. The number of phenolic OH excluding ortho intramolecular Hbond substituents is 1. The molecule has 118 valence electrons. The van der Waals surface area contributed by atoms with Crippen molar-refractivity contribution in [1.82, 2.24) is 10.6 Å². The predicted octanol–water partition coefficient (Wildman–Crippen LogP) is 2.64. The standard InChI is InChI=1S/C16H27N3O2/c1-6-17-15(19-16(3,4)5)18-11-12-8-9-13(20)14(10-12)21-7-2/h8-10,20H,6-7,11H2,1-5H3,(H2,17,18,19). The second-order valence-electron chi connectivity index (χ2n) is 5.81. The van der Waals surface area contributed by atoms with Gasteiger partial charge in [-0.3, -0.25) is 0 Å². The van der Waals surface area contributed by atoms with E-state index in [-0.39, 0.29) is 11.3 Å². The van der Waals surface area contributed by atoms with Crippen molar-refractivity contribution in [3.63, 3.8) is 0 Å². The van der Waals surface area contributed by atoms with Crippen molar-refractivity contribution in [2.45, 2.75) is 46.7 Å². The lowest BCUT2D eigenvalue weighted by Crippen LogP contribution is -2.47. The third kappa shape index (κ3) is 6.38. The number of phenols is 1.